The first-order valence-electron chi connectivity index (χ1n) is 6.47. The van der Waals surface area contributed by atoms with Gasteiger partial charge in [0.05, 0.1) is 11.6 Å². The Bertz CT molecular complexity index is 459. The normalized spacial score (nSPS) is 16.8. The van der Waals surface area contributed by atoms with Gasteiger partial charge in [0.1, 0.15) is 0 Å². The number of ketones is 1. The average Bonchev–Trinajstić information content (AvgIpc) is 2.39. The van der Waals surface area contributed by atoms with Crippen LogP contribution in [0.3, 0.4) is 0 Å². The van der Waals surface area contributed by atoms with Crippen LogP contribution in [-0.2, 0) is 0 Å². The van der Waals surface area contributed by atoms with Gasteiger partial charge in [-0.05, 0) is 51.2 Å². The lowest BCUT2D eigenvalue weighted by Gasteiger charge is -2.31. The fraction of sp³-hybridized carbons (Fsp3) is 0.500. The molecule has 1 fully saturated rings. The molecule has 1 aromatic carbocycles. The van der Waals surface area contributed by atoms with Crippen LogP contribution < -0.4 is 5.32 Å². The van der Waals surface area contributed by atoms with Gasteiger partial charge in [-0.1, -0.05) is 23.2 Å². The summed E-state index contributed by atoms with van der Waals surface area (Å²) in [4.78, 5) is 14.4. The largest absolute Gasteiger partial charge is 0.317 e. The second-order valence-electron chi connectivity index (χ2n) is 4.94. The highest BCUT2D eigenvalue weighted by Crippen LogP contribution is 2.22. The molecule has 1 saturated heterocycles. The number of Topliss-reactive ketones (excluding diaryl/α,β-unsaturated/α-hetero) is 1. The number of rotatable bonds is 4. The maximum absolute atomic E-state index is 12.2. The van der Waals surface area contributed by atoms with Crippen molar-refractivity contribution in [3.63, 3.8) is 0 Å². The second-order valence-corrected chi connectivity index (χ2v) is 5.79. The highest BCUT2D eigenvalue weighted by molar-refractivity contribution is 6.36. The first-order valence-corrected chi connectivity index (χ1v) is 7.22. The van der Waals surface area contributed by atoms with Gasteiger partial charge < -0.3 is 5.32 Å². The lowest BCUT2D eigenvalue weighted by atomic mass is 10.0. The number of nitrogens with one attached hydrogen (secondary N) is 1. The molecule has 19 heavy (non-hydrogen) atoms. The van der Waals surface area contributed by atoms with E-state index in [1.807, 2.05) is 7.05 Å². The van der Waals surface area contributed by atoms with Crippen LogP contribution in [0.1, 0.15) is 23.2 Å². The minimum Gasteiger partial charge on any atom is -0.317 e. The molecule has 0 unspecified atom stereocenters. The van der Waals surface area contributed by atoms with Gasteiger partial charge in [0.15, 0.2) is 5.78 Å². The van der Waals surface area contributed by atoms with E-state index >= 15 is 0 Å². The van der Waals surface area contributed by atoms with E-state index < -0.39 is 0 Å². The molecule has 104 valence electrons. The van der Waals surface area contributed by atoms with Crippen LogP contribution in [0.5, 0.6) is 0 Å². The molecule has 0 amide bonds. The minimum atomic E-state index is 0.0442. The molecule has 0 saturated carbocycles. The zero-order chi connectivity index (χ0) is 13.8. The van der Waals surface area contributed by atoms with Crippen molar-refractivity contribution in [2.24, 2.45) is 0 Å². The summed E-state index contributed by atoms with van der Waals surface area (Å²) in [6.45, 7) is 2.43. The molecule has 3 nitrogen and oxygen atoms in total. The Kier molecular flexibility index (Phi) is 5.22. The smallest absolute Gasteiger partial charge is 0.178 e. The molecule has 0 radical (unpaired) electrons. The highest BCUT2D eigenvalue weighted by Gasteiger charge is 2.21. The molecule has 1 heterocycles. The van der Waals surface area contributed by atoms with Gasteiger partial charge in [-0.25, -0.2) is 0 Å². The number of hydrogen-bond donors (Lipinski definition) is 1. The topological polar surface area (TPSA) is 32.3 Å². The predicted octanol–water partition coefficient (Wildman–Crippen LogP) is 2.86. The van der Waals surface area contributed by atoms with Gasteiger partial charge in [0.25, 0.3) is 0 Å². The quantitative estimate of drug-likeness (QED) is 0.868. The van der Waals surface area contributed by atoms with Crippen LogP contribution in [0.2, 0.25) is 10.0 Å². The molecule has 1 N–H and O–H groups in total. The van der Waals surface area contributed by atoms with Crippen molar-refractivity contribution in [1.82, 2.24) is 10.2 Å². The molecule has 0 aliphatic carbocycles. The van der Waals surface area contributed by atoms with Crippen LogP contribution >= 0.6 is 23.2 Å². The fourth-order valence-corrected chi connectivity index (χ4v) is 2.92. The molecule has 0 spiro atoms. The SMILES string of the molecule is CN(CC(=O)c1ccc(Cl)cc1Cl)C1CCNCC1. The summed E-state index contributed by atoms with van der Waals surface area (Å²) in [5.74, 6) is 0.0442. The third-order valence-corrected chi connectivity index (χ3v) is 4.10. The summed E-state index contributed by atoms with van der Waals surface area (Å²) in [7, 11) is 2.00. The van der Waals surface area contributed by atoms with Gasteiger partial charge in [-0.15, -0.1) is 0 Å². The van der Waals surface area contributed by atoms with E-state index in [0.717, 1.165) is 25.9 Å². The summed E-state index contributed by atoms with van der Waals surface area (Å²) >= 11 is 11.9. The third kappa shape index (κ3) is 3.93. The van der Waals surface area contributed by atoms with E-state index in [9.17, 15) is 4.79 Å². The number of carbonyl (C=O) groups is 1. The Morgan fingerprint density at radius 1 is 1.37 bits per heavy atom. The Hall–Kier alpha value is -0.610. The van der Waals surface area contributed by atoms with Gasteiger partial charge in [-0.3, -0.25) is 9.69 Å². The van der Waals surface area contributed by atoms with Crippen molar-refractivity contribution in [1.29, 1.82) is 0 Å². The van der Waals surface area contributed by atoms with Crippen LogP contribution in [0, 0.1) is 0 Å². The zero-order valence-corrected chi connectivity index (χ0v) is 12.5. The highest BCUT2D eigenvalue weighted by atomic mass is 35.5. The molecule has 0 atom stereocenters. The molecule has 2 rings (SSSR count). The van der Waals surface area contributed by atoms with E-state index in [-0.39, 0.29) is 5.78 Å². The Morgan fingerprint density at radius 3 is 2.68 bits per heavy atom. The molecule has 0 aromatic heterocycles. The van der Waals surface area contributed by atoms with Crippen LogP contribution in [0.4, 0.5) is 0 Å². The van der Waals surface area contributed by atoms with Crippen molar-refractivity contribution >= 4 is 29.0 Å². The maximum atomic E-state index is 12.2. The third-order valence-electron chi connectivity index (χ3n) is 3.56. The van der Waals surface area contributed by atoms with Crippen LogP contribution in [-0.4, -0.2) is 43.4 Å². The number of piperidine rings is 1. The Morgan fingerprint density at radius 2 is 2.05 bits per heavy atom. The van der Waals surface area contributed by atoms with E-state index in [1.54, 1.807) is 18.2 Å². The van der Waals surface area contributed by atoms with E-state index in [2.05, 4.69) is 10.2 Å². The monoisotopic (exact) mass is 300 g/mol. The van der Waals surface area contributed by atoms with Crippen LogP contribution in [0.25, 0.3) is 0 Å². The molecular formula is C14H18Cl2N2O. The molecule has 1 aliphatic rings. The van der Waals surface area contributed by atoms with Crippen molar-refractivity contribution in [3.8, 4) is 0 Å². The number of nitrogens with zero attached hydrogens (tertiary/aromatic N) is 1. The van der Waals surface area contributed by atoms with Gasteiger partial charge in [0.2, 0.25) is 0 Å². The first-order chi connectivity index (χ1) is 9.08. The van der Waals surface area contributed by atoms with E-state index in [1.165, 1.54) is 0 Å². The molecular weight excluding hydrogens is 283 g/mol. The Balaban J connectivity index is 1.99. The number of hydrogen-bond acceptors (Lipinski definition) is 3. The van der Waals surface area contributed by atoms with E-state index in [4.69, 9.17) is 23.2 Å². The zero-order valence-electron chi connectivity index (χ0n) is 11.0. The molecule has 0 bridgehead atoms. The summed E-state index contributed by atoms with van der Waals surface area (Å²) in [5, 5.41) is 4.30. The number of likely N-dealkylation sites (N-methyl/N-ethyl adjacent to an activating group) is 1. The fourth-order valence-electron chi connectivity index (χ4n) is 2.40. The summed E-state index contributed by atoms with van der Waals surface area (Å²) in [5.41, 5.74) is 0.548. The summed E-state index contributed by atoms with van der Waals surface area (Å²) in [6.07, 6.45) is 2.16. The van der Waals surface area contributed by atoms with Gasteiger partial charge in [0, 0.05) is 16.6 Å². The minimum absolute atomic E-state index is 0.0442. The lowest BCUT2D eigenvalue weighted by Crippen LogP contribution is -2.43. The molecule has 1 aromatic rings. The summed E-state index contributed by atoms with van der Waals surface area (Å²) in [6, 6.07) is 5.48. The predicted molar refractivity (Wildman–Crippen MR) is 79.3 cm³/mol. The average molecular weight is 301 g/mol. The van der Waals surface area contributed by atoms with Crippen molar-refractivity contribution in [3.05, 3.63) is 33.8 Å². The van der Waals surface area contributed by atoms with E-state index in [0.29, 0.717) is 28.2 Å². The van der Waals surface area contributed by atoms with Gasteiger partial charge in [-0.2, -0.15) is 0 Å². The number of halogens is 2. The van der Waals surface area contributed by atoms with Crippen LogP contribution in [0.15, 0.2) is 18.2 Å². The van der Waals surface area contributed by atoms with Crippen molar-refractivity contribution in [2.75, 3.05) is 26.7 Å². The van der Waals surface area contributed by atoms with Crippen molar-refractivity contribution in [2.45, 2.75) is 18.9 Å². The second kappa shape index (κ2) is 6.71. The summed E-state index contributed by atoms with van der Waals surface area (Å²) < 4.78 is 0. The standard InChI is InChI=1S/C14H18Cl2N2O/c1-18(11-4-6-17-7-5-11)9-14(19)12-3-2-10(15)8-13(12)16/h2-3,8,11,17H,4-7,9H2,1H3. The number of benzene rings is 1. The Labute approximate surface area is 123 Å². The lowest BCUT2D eigenvalue weighted by molar-refractivity contribution is 0.0903. The number of carbonyl (C=O) groups excluding carboxylic acids is 1. The first kappa shape index (κ1) is 14.8. The molecule has 1 aliphatic heterocycles. The van der Waals surface area contributed by atoms with Gasteiger partial charge >= 0.3 is 0 Å². The maximum Gasteiger partial charge on any atom is 0.178 e. The molecule has 5 heteroatoms. The van der Waals surface area contributed by atoms with Crippen molar-refractivity contribution < 1.29 is 4.79 Å².